The van der Waals surface area contributed by atoms with Gasteiger partial charge in [0.05, 0.1) is 12.1 Å². The first kappa shape index (κ1) is 21.0. The van der Waals surface area contributed by atoms with Gasteiger partial charge in [0.25, 0.3) is 5.92 Å². The number of halogens is 2. The summed E-state index contributed by atoms with van der Waals surface area (Å²) in [6.45, 7) is 5.26. The number of fused-ring (bicyclic) bond motifs is 1. The Morgan fingerprint density at radius 3 is 2.63 bits per heavy atom. The van der Waals surface area contributed by atoms with Crippen molar-refractivity contribution in [2.45, 2.75) is 50.7 Å². The number of amides is 3. The van der Waals surface area contributed by atoms with Gasteiger partial charge in [-0.3, -0.25) is 9.78 Å². The van der Waals surface area contributed by atoms with Gasteiger partial charge in [-0.15, -0.1) is 0 Å². The van der Waals surface area contributed by atoms with Crippen molar-refractivity contribution in [2.24, 2.45) is 5.92 Å². The Hall–Kier alpha value is -2.29. The van der Waals surface area contributed by atoms with E-state index in [-0.39, 0.29) is 48.1 Å². The topological polar surface area (TPSA) is 74.8 Å². The number of morpholine rings is 1. The van der Waals surface area contributed by atoms with Crippen molar-refractivity contribution in [1.82, 2.24) is 20.1 Å². The number of nitrogens with one attached hydrogen (secondary N) is 1. The van der Waals surface area contributed by atoms with Crippen LogP contribution in [0.1, 0.15) is 43.9 Å². The highest BCUT2D eigenvalue weighted by atomic mass is 19.3. The number of rotatable bonds is 2. The van der Waals surface area contributed by atoms with Gasteiger partial charge in [0.2, 0.25) is 5.91 Å². The fourth-order valence-corrected chi connectivity index (χ4v) is 4.72. The van der Waals surface area contributed by atoms with Crippen LogP contribution in [0.4, 0.5) is 13.6 Å². The van der Waals surface area contributed by atoms with E-state index in [2.05, 4.69) is 17.2 Å². The molecule has 3 saturated heterocycles. The second-order valence-electron chi connectivity index (χ2n) is 8.72. The van der Waals surface area contributed by atoms with Crippen LogP contribution >= 0.6 is 0 Å². The second kappa shape index (κ2) is 8.09. The lowest BCUT2D eigenvalue weighted by atomic mass is 9.84. The van der Waals surface area contributed by atoms with Crippen molar-refractivity contribution in [3.05, 3.63) is 29.6 Å². The molecule has 0 aliphatic carbocycles. The number of hydrogen-bond donors (Lipinski definition) is 1. The molecule has 0 radical (unpaired) electrons. The van der Waals surface area contributed by atoms with Gasteiger partial charge in [-0.1, -0.05) is 6.92 Å². The average molecular weight is 422 g/mol. The van der Waals surface area contributed by atoms with Gasteiger partial charge in [-0.25, -0.2) is 13.6 Å². The molecule has 1 unspecified atom stereocenters. The van der Waals surface area contributed by atoms with Gasteiger partial charge in [0.1, 0.15) is 6.61 Å². The van der Waals surface area contributed by atoms with Crippen molar-refractivity contribution < 1.29 is 23.1 Å². The Kier molecular flexibility index (Phi) is 5.65. The predicted octanol–water partition coefficient (Wildman–Crippen LogP) is 2.33. The van der Waals surface area contributed by atoms with E-state index in [9.17, 15) is 18.4 Å². The maximum atomic E-state index is 13.4. The molecule has 1 aromatic heterocycles. The van der Waals surface area contributed by atoms with Crippen molar-refractivity contribution in [1.29, 1.82) is 0 Å². The number of carbonyl (C=O) groups excluding carboxylic acids is 2. The van der Waals surface area contributed by atoms with Crippen molar-refractivity contribution in [3.63, 3.8) is 0 Å². The molecule has 4 atom stereocenters. The molecule has 3 aliphatic heterocycles. The van der Waals surface area contributed by atoms with Crippen LogP contribution in [0.25, 0.3) is 0 Å². The Labute approximate surface area is 174 Å². The summed E-state index contributed by atoms with van der Waals surface area (Å²) < 4.78 is 32.4. The molecule has 0 spiro atoms. The highest BCUT2D eigenvalue weighted by Crippen LogP contribution is 2.34. The van der Waals surface area contributed by atoms with E-state index < -0.39 is 5.92 Å². The van der Waals surface area contributed by atoms with Crippen LogP contribution < -0.4 is 5.32 Å². The normalized spacial score (nSPS) is 29.9. The first-order valence-electron chi connectivity index (χ1n) is 10.5. The molecule has 0 aromatic carbocycles. The third-order valence-electron chi connectivity index (χ3n) is 6.44. The number of hydrogen-bond acceptors (Lipinski definition) is 4. The van der Waals surface area contributed by atoms with Crippen molar-refractivity contribution in [3.8, 4) is 0 Å². The Morgan fingerprint density at radius 2 is 1.97 bits per heavy atom. The molecular formula is C21H28F2N4O3. The van der Waals surface area contributed by atoms with Crippen LogP contribution in [-0.2, 0) is 15.5 Å². The van der Waals surface area contributed by atoms with E-state index in [0.717, 1.165) is 19.0 Å². The minimum absolute atomic E-state index is 0.0208. The Bertz CT molecular complexity index is 798. The fraction of sp³-hybridized carbons (Fsp3) is 0.667. The summed E-state index contributed by atoms with van der Waals surface area (Å²) in [5, 5.41) is 2.92. The number of aromatic nitrogens is 1. The van der Waals surface area contributed by atoms with Crippen LogP contribution in [0.15, 0.2) is 18.3 Å². The number of likely N-dealkylation sites (tertiary alicyclic amines) is 2. The largest absolute Gasteiger partial charge is 0.366 e. The van der Waals surface area contributed by atoms with Crippen LogP contribution in [0, 0.1) is 5.92 Å². The quantitative estimate of drug-likeness (QED) is 0.794. The molecule has 164 valence electrons. The smallest absolute Gasteiger partial charge is 0.320 e. The molecule has 0 saturated carbocycles. The average Bonchev–Trinajstić information content (AvgIpc) is 2.72. The molecule has 30 heavy (non-hydrogen) atoms. The summed E-state index contributed by atoms with van der Waals surface area (Å²) in [6.07, 6.45) is 2.67. The van der Waals surface area contributed by atoms with Gasteiger partial charge in [-0.2, -0.15) is 0 Å². The van der Waals surface area contributed by atoms with E-state index in [4.69, 9.17) is 4.74 Å². The number of carbonyl (C=O) groups is 2. The standard InChI is InChI=1S/C21H28F2N4O3/c1-13-10-26(7-5-15(13)16-4-3-14(9-24-16)21(2,22)23)20(29)27-8-6-18-17(11-27)25-19(28)12-30-18/h3-4,9,13,15,17-18H,5-8,10-12H2,1-2H3,(H,25,28)/t13-,15?,17+,18-/m0/s1. The zero-order valence-corrected chi connectivity index (χ0v) is 17.3. The van der Waals surface area contributed by atoms with E-state index in [1.54, 1.807) is 11.0 Å². The molecule has 9 heteroatoms. The molecule has 3 fully saturated rings. The highest BCUT2D eigenvalue weighted by Gasteiger charge is 2.39. The predicted molar refractivity (Wildman–Crippen MR) is 105 cm³/mol. The molecule has 3 aliphatic rings. The maximum Gasteiger partial charge on any atom is 0.320 e. The third-order valence-corrected chi connectivity index (χ3v) is 6.44. The number of ether oxygens (including phenoxy) is 1. The highest BCUT2D eigenvalue weighted by molar-refractivity contribution is 5.79. The maximum absolute atomic E-state index is 13.4. The molecule has 4 heterocycles. The molecule has 1 N–H and O–H groups in total. The van der Waals surface area contributed by atoms with E-state index in [1.807, 2.05) is 4.90 Å². The molecule has 0 bridgehead atoms. The van der Waals surface area contributed by atoms with Crippen molar-refractivity contribution in [2.75, 3.05) is 32.8 Å². The number of piperidine rings is 2. The fourth-order valence-electron chi connectivity index (χ4n) is 4.72. The number of pyridine rings is 1. The lowest BCUT2D eigenvalue weighted by molar-refractivity contribution is -0.139. The van der Waals surface area contributed by atoms with Gasteiger partial charge >= 0.3 is 6.03 Å². The van der Waals surface area contributed by atoms with Gasteiger partial charge in [0.15, 0.2) is 0 Å². The lowest BCUT2D eigenvalue weighted by Crippen LogP contribution is -2.62. The molecule has 1 aromatic rings. The first-order valence-corrected chi connectivity index (χ1v) is 10.5. The first-order chi connectivity index (χ1) is 14.2. The van der Waals surface area contributed by atoms with Crippen LogP contribution in [0.5, 0.6) is 0 Å². The Morgan fingerprint density at radius 1 is 1.23 bits per heavy atom. The zero-order valence-electron chi connectivity index (χ0n) is 17.3. The number of nitrogens with zero attached hydrogens (tertiary/aromatic N) is 3. The lowest BCUT2D eigenvalue weighted by Gasteiger charge is -2.44. The van der Waals surface area contributed by atoms with Crippen LogP contribution in [0.3, 0.4) is 0 Å². The molecular weight excluding hydrogens is 394 g/mol. The minimum atomic E-state index is -2.90. The molecule has 3 amide bonds. The summed E-state index contributed by atoms with van der Waals surface area (Å²) in [5.41, 5.74) is 0.708. The third kappa shape index (κ3) is 4.26. The summed E-state index contributed by atoms with van der Waals surface area (Å²) >= 11 is 0. The summed E-state index contributed by atoms with van der Waals surface area (Å²) in [5.74, 6) is -2.74. The van der Waals surface area contributed by atoms with Gasteiger partial charge < -0.3 is 19.9 Å². The monoisotopic (exact) mass is 422 g/mol. The van der Waals surface area contributed by atoms with Crippen LogP contribution in [0.2, 0.25) is 0 Å². The van der Waals surface area contributed by atoms with E-state index in [1.165, 1.54) is 12.3 Å². The summed E-state index contributed by atoms with van der Waals surface area (Å²) in [4.78, 5) is 32.6. The number of urea groups is 1. The second-order valence-corrected chi connectivity index (χ2v) is 8.72. The van der Waals surface area contributed by atoms with Gasteiger partial charge in [0, 0.05) is 56.5 Å². The van der Waals surface area contributed by atoms with E-state index >= 15 is 0 Å². The van der Waals surface area contributed by atoms with Gasteiger partial charge in [-0.05, 0) is 30.9 Å². The van der Waals surface area contributed by atoms with E-state index in [0.29, 0.717) is 32.6 Å². The number of alkyl halides is 2. The molecule has 7 nitrogen and oxygen atoms in total. The molecule has 4 rings (SSSR count). The van der Waals surface area contributed by atoms with Crippen LogP contribution in [-0.4, -0.2) is 71.7 Å². The minimum Gasteiger partial charge on any atom is -0.366 e. The Balaban J connectivity index is 1.36. The summed E-state index contributed by atoms with van der Waals surface area (Å²) in [7, 11) is 0. The zero-order chi connectivity index (χ0) is 21.5. The summed E-state index contributed by atoms with van der Waals surface area (Å²) in [6, 6.07) is 2.95. The van der Waals surface area contributed by atoms with Crippen molar-refractivity contribution >= 4 is 11.9 Å². The SMILES string of the molecule is C[C@H]1CN(C(=O)N2CC[C@@H]3OCC(=O)N[C@@H]3C2)CCC1c1ccc(C(C)(F)F)cn1.